The molecule has 0 bridgehead atoms. The number of nitrogens with zero attached hydrogens (tertiary/aromatic N) is 5. The minimum absolute atomic E-state index is 0.112. The van der Waals surface area contributed by atoms with Crippen LogP contribution < -0.4 is 5.32 Å². The van der Waals surface area contributed by atoms with Crippen molar-refractivity contribution in [3.05, 3.63) is 89.8 Å². The molecule has 0 fully saturated rings. The third kappa shape index (κ3) is 3.50. The summed E-state index contributed by atoms with van der Waals surface area (Å²) < 4.78 is 31.0. The molecule has 30 heavy (non-hydrogen) atoms. The van der Waals surface area contributed by atoms with Gasteiger partial charge in [0.05, 0.1) is 11.9 Å². The minimum Gasteiger partial charge on any atom is -0.304 e. The minimum atomic E-state index is -0.608. The van der Waals surface area contributed by atoms with Crippen LogP contribution in [0.4, 0.5) is 8.78 Å². The van der Waals surface area contributed by atoms with Crippen LogP contribution >= 0.6 is 0 Å². The summed E-state index contributed by atoms with van der Waals surface area (Å²) in [5, 5.41) is 8.03. The van der Waals surface area contributed by atoms with Crippen molar-refractivity contribution in [2.45, 2.75) is 31.8 Å². The predicted molar refractivity (Wildman–Crippen MR) is 107 cm³/mol. The molecule has 1 aromatic carbocycles. The Morgan fingerprint density at radius 2 is 1.87 bits per heavy atom. The molecule has 1 aliphatic rings. The molecule has 1 unspecified atom stereocenters. The molecular weight excluding hydrogens is 386 g/mol. The molecule has 0 amide bonds. The number of benzene rings is 1. The number of hydrogen-bond acceptors (Lipinski definition) is 4. The lowest BCUT2D eigenvalue weighted by atomic mass is 9.93. The maximum Gasteiger partial charge on any atom is 0.233 e. The average Bonchev–Trinajstić information content (AvgIpc) is 3.39. The van der Waals surface area contributed by atoms with Crippen LogP contribution in [0.25, 0.3) is 11.6 Å². The van der Waals surface area contributed by atoms with E-state index in [4.69, 9.17) is 0 Å². The lowest BCUT2D eigenvalue weighted by Crippen LogP contribution is -2.26. The molecule has 8 heteroatoms. The molecule has 152 valence electrons. The van der Waals surface area contributed by atoms with Gasteiger partial charge >= 0.3 is 0 Å². The molecule has 4 aromatic rings. The van der Waals surface area contributed by atoms with Gasteiger partial charge in [0.25, 0.3) is 0 Å². The van der Waals surface area contributed by atoms with Crippen molar-refractivity contribution in [3.63, 3.8) is 0 Å². The summed E-state index contributed by atoms with van der Waals surface area (Å²) in [6.07, 6.45) is 9.94. The van der Waals surface area contributed by atoms with Gasteiger partial charge in [0.15, 0.2) is 0 Å². The molecule has 0 saturated carbocycles. The van der Waals surface area contributed by atoms with Crippen LogP contribution in [0.3, 0.4) is 0 Å². The van der Waals surface area contributed by atoms with Crippen LogP contribution in [0.2, 0.25) is 0 Å². The number of hydrogen-bond donors (Lipinski definition) is 1. The van der Waals surface area contributed by atoms with Crippen molar-refractivity contribution >= 4 is 0 Å². The van der Waals surface area contributed by atoms with E-state index >= 15 is 0 Å². The highest BCUT2D eigenvalue weighted by Gasteiger charge is 2.25. The lowest BCUT2D eigenvalue weighted by molar-refractivity contribution is 0.450. The molecular formula is C22H20F2N6. The Kier molecular flexibility index (Phi) is 4.84. The Bertz CT molecular complexity index is 1150. The molecule has 5 rings (SSSR count). The van der Waals surface area contributed by atoms with Crippen LogP contribution in [0.1, 0.15) is 35.8 Å². The van der Waals surface area contributed by atoms with E-state index in [2.05, 4.69) is 20.4 Å². The molecule has 1 atom stereocenters. The van der Waals surface area contributed by atoms with E-state index in [9.17, 15) is 8.78 Å². The monoisotopic (exact) mass is 406 g/mol. The standard InChI is InChI=1S/C22H20F2N6/c23-15-10-16(24)12-18(11-15)30-21-6-1-5-20(19(21)14-28-30)27-13-17-4-2-9-29(17)22-25-7-3-8-26-22/h2-4,7-12,14,20,27H,1,5-6,13H2. The molecule has 3 heterocycles. The first-order valence-electron chi connectivity index (χ1n) is 9.89. The van der Waals surface area contributed by atoms with Crippen molar-refractivity contribution in [3.8, 4) is 11.6 Å². The average molecular weight is 406 g/mol. The summed E-state index contributed by atoms with van der Waals surface area (Å²) in [5.74, 6) is -0.586. The van der Waals surface area contributed by atoms with E-state index in [0.29, 0.717) is 18.2 Å². The molecule has 0 aliphatic heterocycles. The first-order chi connectivity index (χ1) is 14.7. The quantitative estimate of drug-likeness (QED) is 0.546. The highest BCUT2D eigenvalue weighted by atomic mass is 19.1. The second kappa shape index (κ2) is 7.79. The van der Waals surface area contributed by atoms with Gasteiger partial charge in [0, 0.05) is 54.2 Å². The van der Waals surface area contributed by atoms with Gasteiger partial charge in [-0.3, -0.25) is 4.57 Å². The van der Waals surface area contributed by atoms with Gasteiger partial charge in [-0.25, -0.2) is 23.4 Å². The van der Waals surface area contributed by atoms with Crippen molar-refractivity contribution in [2.24, 2.45) is 0 Å². The predicted octanol–water partition coefficient (Wildman–Crippen LogP) is 3.90. The highest BCUT2D eigenvalue weighted by molar-refractivity contribution is 5.38. The van der Waals surface area contributed by atoms with Gasteiger partial charge in [-0.15, -0.1) is 0 Å². The van der Waals surface area contributed by atoms with Crippen molar-refractivity contribution in [1.82, 2.24) is 29.6 Å². The molecule has 0 radical (unpaired) electrons. The molecule has 6 nitrogen and oxygen atoms in total. The van der Waals surface area contributed by atoms with E-state index in [1.54, 1.807) is 29.3 Å². The SMILES string of the molecule is Fc1cc(F)cc(-n2ncc3c2CCCC3NCc2cccn2-c2ncccn2)c1. The normalized spacial score (nSPS) is 15.9. The summed E-state index contributed by atoms with van der Waals surface area (Å²) in [7, 11) is 0. The summed E-state index contributed by atoms with van der Waals surface area (Å²) in [6.45, 7) is 0.634. The first kappa shape index (κ1) is 18.6. The fourth-order valence-electron chi connectivity index (χ4n) is 4.05. The van der Waals surface area contributed by atoms with Gasteiger partial charge in [0.2, 0.25) is 5.95 Å². The maximum atomic E-state index is 13.7. The number of nitrogens with one attached hydrogen (secondary N) is 1. The van der Waals surface area contributed by atoms with Crippen LogP contribution in [0.5, 0.6) is 0 Å². The zero-order chi connectivity index (χ0) is 20.5. The van der Waals surface area contributed by atoms with Crippen molar-refractivity contribution in [1.29, 1.82) is 0 Å². The Labute approximate surface area is 172 Å². The topological polar surface area (TPSA) is 60.6 Å². The second-order valence-corrected chi connectivity index (χ2v) is 7.33. The Morgan fingerprint density at radius 3 is 2.67 bits per heavy atom. The van der Waals surface area contributed by atoms with E-state index in [0.717, 1.165) is 42.3 Å². The third-order valence-electron chi connectivity index (χ3n) is 5.41. The third-order valence-corrected chi connectivity index (χ3v) is 5.41. The summed E-state index contributed by atoms with van der Waals surface area (Å²) >= 11 is 0. The van der Waals surface area contributed by atoms with Crippen LogP contribution in [-0.2, 0) is 13.0 Å². The first-order valence-corrected chi connectivity index (χ1v) is 9.89. The Morgan fingerprint density at radius 1 is 1.07 bits per heavy atom. The fraction of sp³-hybridized carbons (Fsp3) is 0.227. The number of fused-ring (bicyclic) bond motifs is 1. The Balaban J connectivity index is 1.38. The molecule has 0 spiro atoms. The number of aromatic nitrogens is 5. The van der Waals surface area contributed by atoms with Crippen molar-refractivity contribution < 1.29 is 8.78 Å². The summed E-state index contributed by atoms with van der Waals surface area (Å²) in [6, 6.07) is 9.38. The second-order valence-electron chi connectivity index (χ2n) is 7.33. The molecule has 3 aromatic heterocycles. The largest absolute Gasteiger partial charge is 0.304 e. The van der Waals surface area contributed by atoms with Crippen LogP contribution in [-0.4, -0.2) is 24.3 Å². The van der Waals surface area contributed by atoms with Gasteiger partial charge in [0.1, 0.15) is 11.6 Å². The molecule has 1 aliphatic carbocycles. The van der Waals surface area contributed by atoms with Gasteiger partial charge < -0.3 is 5.32 Å². The number of halogens is 2. The fourth-order valence-corrected chi connectivity index (χ4v) is 4.05. The van der Waals surface area contributed by atoms with Gasteiger partial charge in [-0.2, -0.15) is 5.10 Å². The van der Waals surface area contributed by atoms with Crippen molar-refractivity contribution in [2.75, 3.05) is 0 Å². The number of rotatable bonds is 5. The lowest BCUT2D eigenvalue weighted by Gasteiger charge is -2.24. The summed E-state index contributed by atoms with van der Waals surface area (Å²) in [5.41, 5.74) is 3.52. The maximum absolute atomic E-state index is 13.7. The molecule has 0 saturated heterocycles. The van der Waals surface area contributed by atoms with Gasteiger partial charge in [-0.05, 0) is 49.6 Å². The van der Waals surface area contributed by atoms with Crippen LogP contribution in [0.15, 0.2) is 61.2 Å². The zero-order valence-electron chi connectivity index (χ0n) is 16.2. The summed E-state index contributed by atoms with van der Waals surface area (Å²) in [4.78, 5) is 8.63. The van der Waals surface area contributed by atoms with E-state index in [1.807, 2.05) is 22.9 Å². The highest BCUT2D eigenvalue weighted by Crippen LogP contribution is 2.31. The van der Waals surface area contributed by atoms with E-state index in [1.165, 1.54) is 12.1 Å². The van der Waals surface area contributed by atoms with Gasteiger partial charge in [-0.1, -0.05) is 0 Å². The molecule has 1 N–H and O–H groups in total. The van der Waals surface area contributed by atoms with E-state index in [-0.39, 0.29) is 6.04 Å². The smallest absolute Gasteiger partial charge is 0.233 e. The zero-order valence-corrected chi connectivity index (χ0v) is 16.2. The van der Waals surface area contributed by atoms with E-state index < -0.39 is 11.6 Å². The van der Waals surface area contributed by atoms with Crippen LogP contribution in [0, 0.1) is 11.6 Å². The Hall–Kier alpha value is -3.39.